The topological polar surface area (TPSA) is 51.4 Å². The zero-order valence-electron chi connectivity index (χ0n) is 9.30. The maximum atomic E-state index is 5.80. The molecule has 1 aromatic heterocycles. The molecule has 86 valence electrons. The Bertz CT molecular complexity index is 382. The van der Waals surface area contributed by atoms with Crippen molar-refractivity contribution in [3.8, 4) is 0 Å². The minimum Gasteiger partial charge on any atom is -0.399 e. The van der Waals surface area contributed by atoms with Crippen LogP contribution in [0.15, 0.2) is 18.3 Å². The monoisotopic (exact) mass is 219 g/mol. The van der Waals surface area contributed by atoms with Gasteiger partial charge in [-0.05, 0) is 25.3 Å². The van der Waals surface area contributed by atoms with Crippen molar-refractivity contribution >= 4 is 11.5 Å². The van der Waals surface area contributed by atoms with Gasteiger partial charge in [0.1, 0.15) is 5.82 Å². The molecule has 0 bridgehead atoms. The molecule has 0 amide bonds. The summed E-state index contributed by atoms with van der Waals surface area (Å²) < 4.78 is 5.78. The number of nitrogens with two attached hydrogens (primary N) is 1. The van der Waals surface area contributed by atoms with E-state index in [1.807, 2.05) is 12.1 Å². The second-order valence-corrected chi connectivity index (χ2v) is 4.55. The van der Waals surface area contributed by atoms with Gasteiger partial charge in [-0.1, -0.05) is 0 Å². The van der Waals surface area contributed by atoms with Gasteiger partial charge in [-0.3, -0.25) is 0 Å². The SMILES string of the molecule is Nc1ccnc(N2CCOC3CCCC32)c1. The molecule has 0 radical (unpaired) electrons. The molecule has 2 N–H and O–H groups in total. The van der Waals surface area contributed by atoms with Crippen molar-refractivity contribution in [2.45, 2.75) is 31.4 Å². The number of hydrogen-bond donors (Lipinski definition) is 1. The average molecular weight is 219 g/mol. The largest absolute Gasteiger partial charge is 0.399 e. The molecule has 4 heteroatoms. The Balaban J connectivity index is 1.88. The smallest absolute Gasteiger partial charge is 0.130 e. The highest BCUT2D eigenvalue weighted by Crippen LogP contribution is 2.32. The van der Waals surface area contributed by atoms with Gasteiger partial charge < -0.3 is 15.4 Å². The van der Waals surface area contributed by atoms with Crippen molar-refractivity contribution in [2.24, 2.45) is 0 Å². The van der Waals surface area contributed by atoms with E-state index in [4.69, 9.17) is 10.5 Å². The number of morpholine rings is 1. The molecule has 4 nitrogen and oxygen atoms in total. The van der Waals surface area contributed by atoms with Crippen LogP contribution in [0.5, 0.6) is 0 Å². The van der Waals surface area contributed by atoms with E-state index in [9.17, 15) is 0 Å². The molecular formula is C12H17N3O. The summed E-state index contributed by atoms with van der Waals surface area (Å²) in [6, 6.07) is 4.29. The van der Waals surface area contributed by atoms with Gasteiger partial charge in [-0.25, -0.2) is 4.98 Å². The van der Waals surface area contributed by atoms with Crippen LogP contribution in [-0.2, 0) is 4.74 Å². The zero-order valence-corrected chi connectivity index (χ0v) is 9.30. The zero-order chi connectivity index (χ0) is 11.0. The fourth-order valence-electron chi connectivity index (χ4n) is 2.80. The molecule has 1 aliphatic heterocycles. The second kappa shape index (κ2) is 3.94. The molecule has 1 saturated heterocycles. The number of pyridine rings is 1. The van der Waals surface area contributed by atoms with E-state index < -0.39 is 0 Å². The first-order valence-corrected chi connectivity index (χ1v) is 5.94. The van der Waals surface area contributed by atoms with Crippen LogP contribution in [0.3, 0.4) is 0 Å². The predicted molar refractivity (Wildman–Crippen MR) is 63.4 cm³/mol. The summed E-state index contributed by atoms with van der Waals surface area (Å²) in [6.45, 7) is 1.73. The van der Waals surface area contributed by atoms with Gasteiger partial charge in [0.15, 0.2) is 0 Å². The van der Waals surface area contributed by atoms with Crippen LogP contribution >= 0.6 is 0 Å². The normalized spacial score (nSPS) is 29.1. The van der Waals surface area contributed by atoms with Crippen molar-refractivity contribution in [2.75, 3.05) is 23.8 Å². The van der Waals surface area contributed by atoms with Crippen molar-refractivity contribution in [1.82, 2.24) is 4.98 Å². The first kappa shape index (κ1) is 9.90. The van der Waals surface area contributed by atoms with Gasteiger partial charge in [0.25, 0.3) is 0 Å². The summed E-state index contributed by atoms with van der Waals surface area (Å²) in [5.74, 6) is 1.00. The minimum absolute atomic E-state index is 0.400. The van der Waals surface area contributed by atoms with E-state index in [1.165, 1.54) is 19.3 Å². The van der Waals surface area contributed by atoms with Gasteiger partial charge in [0.05, 0.1) is 18.8 Å². The molecule has 0 spiro atoms. The van der Waals surface area contributed by atoms with Gasteiger partial charge in [0, 0.05) is 24.5 Å². The van der Waals surface area contributed by atoms with Gasteiger partial charge in [0.2, 0.25) is 0 Å². The van der Waals surface area contributed by atoms with E-state index in [0.29, 0.717) is 12.1 Å². The van der Waals surface area contributed by atoms with E-state index >= 15 is 0 Å². The quantitative estimate of drug-likeness (QED) is 0.776. The lowest BCUT2D eigenvalue weighted by molar-refractivity contribution is 0.0253. The van der Waals surface area contributed by atoms with Crippen molar-refractivity contribution in [3.05, 3.63) is 18.3 Å². The van der Waals surface area contributed by atoms with Crippen molar-refractivity contribution in [3.63, 3.8) is 0 Å². The molecule has 16 heavy (non-hydrogen) atoms. The predicted octanol–water partition coefficient (Wildman–Crippen LogP) is 1.42. The van der Waals surface area contributed by atoms with Gasteiger partial charge in [-0.2, -0.15) is 0 Å². The summed E-state index contributed by atoms with van der Waals surface area (Å²) in [6.07, 6.45) is 5.83. The van der Waals surface area contributed by atoms with Crippen LogP contribution < -0.4 is 10.6 Å². The Morgan fingerprint density at radius 3 is 3.25 bits per heavy atom. The average Bonchev–Trinajstić information content (AvgIpc) is 2.76. The molecule has 2 heterocycles. The first-order chi connectivity index (χ1) is 7.84. The van der Waals surface area contributed by atoms with Crippen LogP contribution in [0.4, 0.5) is 11.5 Å². The molecule has 1 aliphatic carbocycles. The molecule has 2 atom stereocenters. The molecule has 2 unspecified atom stereocenters. The third-order valence-corrected chi connectivity index (χ3v) is 3.55. The molecular weight excluding hydrogens is 202 g/mol. The highest BCUT2D eigenvalue weighted by Gasteiger charge is 2.36. The van der Waals surface area contributed by atoms with Crippen LogP contribution in [0, 0.1) is 0 Å². The van der Waals surface area contributed by atoms with Crippen LogP contribution in [-0.4, -0.2) is 30.3 Å². The van der Waals surface area contributed by atoms with Crippen LogP contribution in [0.2, 0.25) is 0 Å². The summed E-state index contributed by atoms with van der Waals surface area (Å²) in [5.41, 5.74) is 6.59. The van der Waals surface area contributed by atoms with Gasteiger partial charge in [-0.15, -0.1) is 0 Å². The number of aromatic nitrogens is 1. The van der Waals surface area contributed by atoms with Crippen LogP contribution in [0.1, 0.15) is 19.3 Å². The lowest BCUT2D eigenvalue weighted by Gasteiger charge is -2.38. The summed E-state index contributed by atoms with van der Waals surface area (Å²) in [7, 11) is 0. The van der Waals surface area contributed by atoms with Crippen molar-refractivity contribution in [1.29, 1.82) is 0 Å². The fraction of sp³-hybridized carbons (Fsp3) is 0.583. The maximum absolute atomic E-state index is 5.80. The Morgan fingerprint density at radius 1 is 1.44 bits per heavy atom. The lowest BCUT2D eigenvalue weighted by Crippen LogP contribution is -2.49. The Morgan fingerprint density at radius 2 is 2.38 bits per heavy atom. The Kier molecular flexibility index (Phi) is 2.44. The molecule has 3 rings (SSSR count). The highest BCUT2D eigenvalue weighted by atomic mass is 16.5. The summed E-state index contributed by atoms with van der Waals surface area (Å²) >= 11 is 0. The number of ether oxygens (including phenoxy) is 1. The lowest BCUT2D eigenvalue weighted by atomic mass is 10.1. The first-order valence-electron chi connectivity index (χ1n) is 5.94. The molecule has 1 saturated carbocycles. The van der Waals surface area contributed by atoms with Gasteiger partial charge >= 0.3 is 0 Å². The van der Waals surface area contributed by atoms with E-state index in [-0.39, 0.29) is 0 Å². The number of fused-ring (bicyclic) bond motifs is 1. The second-order valence-electron chi connectivity index (χ2n) is 4.55. The molecule has 2 fully saturated rings. The molecule has 0 aromatic carbocycles. The molecule has 1 aromatic rings. The highest BCUT2D eigenvalue weighted by molar-refractivity contribution is 5.51. The van der Waals surface area contributed by atoms with E-state index in [0.717, 1.165) is 24.7 Å². The maximum Gasteiger partial charge on any atom is 0.130 e. The Hall–Kier alpha value is -1.29. The third-order valence-electron chi connectivity index (χ3n) is 3.55. The molecule has 2 aliphatic rings. The number of hydrogen-bond acceptors (Lipinski definition) is 4. The fourth-order valence-corrected chi connectivity index (χ4v) is 2.80. The van der Waals surface area contributed by atoms with Crippen LogP contribution in [0.25, 0.3) is 0 Å². The van der Waals surface area contributed by atoms with E-state index in [1.54, 1.807) is 6.20 Å². The third kappa shape index (κ3) is 1.63. The Labute approximate surface area is 95.4 Å². The van der Waals surface area contributed by atoms with Crippen molar-refractivity contribution < 1.29 is 4.74 Å². The number of nitrogens with zero attached hydrogens (tertiary/aromatic N) is 2. The number of rotatable bonds is 1. The summed E-state index contributed by atoms with van der Waals surface area (Å²) in [4.78, 5) is 6.77. The van der Waals surface area contributed by atoms with E-state index in [2.05, 4.69) is 9.88 Å². The standard InChI is InChI=1S/C12H17N3O/c13-9-4-5-14-12(8-9)15-6-7-16-11-3-1-2-10(11)15/h4-5,8,10-11H,1-3,6-7H2,(H2,13,14). The number of anilines is 2. The summed E-state index contributed by atoms with van der Waals surface area (Å²) in [5, 5.41) is 0. The number of nitrogen functional groups attached to an aromatic ring is 1. The minimum atomic E-state index is 0.400.